The first kappa shape index (κ1) is 18.7. The number of rotatable bonds is 2. The van der Waals surface area contributed by atoms with Crippen molar-refractivity contribution in [3.8, 4) is 11.5 Å². The number of carbonyl (C=O) groups excluding carboxylic acids is 2. The summed E-state index contributed by atoms with van der Waals surface area (Å²) in [4.78, 5) is 25.1. The number of hydrogen-bond acceptors (Lipinski definition) is 6. The quantitative estimate of drug-likeness (QED) is 0.747. The van der Waals surface area contributed by atoms with Gasteiger partial charge in [-0.25, -0.2) is 4.79 Å². The highest BCUT2D eigenvalue weighted by atomic mass is 16.7. The SMILES string of the molecule is COC(=O)c1ccc(C2C3=C(CC(C)(C)CC3=O)Nc3cc4c(cc32)OCO4)cc1. The Balaban J connectivity index is 1.67. The Morgan fingerprint density at radius 1 is 1.10 bits per heavy atom. The van der Waals surface area contributed by atoms with E-state index in [0.29, 0.717) is 23.5 Å². The molecule has 2 aliphatic heterocycles. The van der Waals surface area contributed by atoms with Crippen LogP contribution in [0.3, 0.4) is 0 Å². The number of Topliss-reactive ketones (excluding diaryl/α,β-unsaturated/α-hetero) is 1. The van der Waals surface area contributed by atoms with Gasteiger partial charge in [0.1, 0.15) is 0 Å². The van der Waals surface area contributed by atoms with Crippen molar-refractivity contribution in [3.05, 3.63) is 64.4 Å². The molecule has 6 heteroatoms. The summed E-state index contributed by atoms with van der Waals surface area (Å²) in [6, 6.07) is 11.2. The molecule has 1 aliphatic carbocycles. The summed E-state index contributed by atoms with van der Waals surface area (Å²) in [7, 11) is 1.36. The van der Waals surface area contributed by atoms with Crippen molar-refractivity contribution in [2.75, 3.05) is 19.2 Å². The van der Waals surface area contributed by atoms with E-state index in [-0.39, 0.29) is 29.9 Å². The van der Waals surface area contributed by atoms with Gasteiger partial charge in [0, 0.05) is 35.4 Å². The van der Waals surface area contributed by atoms with Gasteiger partial charge in [-0.3, -0.25) is 4.79 Å². The van der Waals surface area contributed by atoms with E-state index in [9.17, 15) is 9.59 Å². The number of carbonyl (C=O) groups is 2. The van der Waals surface area contributed by atoms with Gasteiger partial charge in [0.15, 0.2) is 17.3 Å². The molecule has 30 heavy (non-hydrogen) atoms. The minimum atomic E-state index is -0.383. The number of hydrogen-bond donors (Lipinski definition) is 1. The van der Waals surface area contributed by atoms with Gasteiger partial charge in [-0.2, -0.15) is 0 Å². The third kappa shape index (κ3) is 2.95. The number of ether oxygens (including phenoxy) is 3. The van der Waals surface area contributed by atoms with Crippen LogP contribution in [-0.2, 0) is 9.53 Å². The molecule has 1 N–H and O–H groups in total. The lowest BCUT2D eigenvalue weighted by molar-refractivity contribution is -0.118. The number of nitrogens with one attached hydrogen (secondary N) is 1. The molecular weight excluding hydrogens is 382 g/mol. The number of benzene rings is 2. The maximum Gasteiger partial charge on any atom is 0.337 e. The van der Waals surface area contributed by atoms with Gasteiger partial charge in [-0.15, -0.1) is 0 Å². The zero-order chi connectivity index (χ0) is 21.0. The smallest absolute Gasteiger partial charge is 0.337 e. The van der Waals surface area contributed by atoms with Gasteiger partial charge in [-0.1, -0.05) is 26.0 Å². The lowest BCUT2D eigenvalue weighted by Gasteiger charge is -2.39. The van der Waals surface area contributed by atoms with E-state index in [2.05, 4.69) is 19.2 Å². The summed E-state index contributed by atoms with van der Waals surface area (Å²) in [5.41, 5.74) is 4.98. The number of allylic oxidation sites excluding steroid dienone is 2. The maximum absolute atomic E-state index is 13.3. The minimum absolute atomic E-state index is 0.101. The summed E-state index contributed by atoms with van der Waals surface area (Å²) >= 11 is 0. The molecule has 0 radical (unpaired) electrons. The van der Waals surface area contributed by atoms with E-state index < -0.39 is 0 Å². The summed E-state index contributed by atoms with van der Waals surface area (Å²) in [6.07, 6.45) is 1.29. The highest BCUT2D eigenvalue weighted by Crippen LogP contribution is 2.51. The van der Waals surface area contributed by atoms with E-state index in [1.54, 1.807) is 12.1 Å². The van der Waals surface area contributed by atoms with Crippen LogP contribution in [0.25, 0.3) is 0 Å². The summed E-state index contributed by atoms with van der Waals surface area (Å²) < 4.78 is 16.0. The first-order chi connectivity index (χ1) is 14.4. The Hall–Kier alpha value is -3.28. The molecular formula is C24H23NO5. The van der Waals surface area contributed by atoms with E-state index in [0.717, 1.165) is 34.5 Å². The second-order valence-electron chi connectivity index (χ2n) is 8.80. The Labute approximate surface area is 174 Å². The molecule has 3 aliphatic rings. The molecule has 0 amide bonds. The molecule has 0 fully saturated rings. The molecule has 0 spiro atoms. The first-order valence-corrected chi connectivity index (χ1v) is 10.0. The van der Waals surface area contributed by atoms with Gasteiger partial charge < -0.3 is 19.5 Å². The summed E-state index contributed by atoms with van der Waals surface area (Å²) in [5.74, 6) is 0.914. The van der Waals surface area contributed by atoms with Crippen molar-refractivity contribution in [1.82, 2.24) is 0 Å². The second kappa shape index (κ2) is 6.62. The Kier molecular flexibility index (Phi) is 4.13. The molecule has 0 saturated carbocycles. The van der Waals surface area contributed by atoms with E-state index in [1.807, 2.05) is 24.3 Å². The third-order valence-corrected chi connectivity index (χ3v) is 6.02. The number of fused-ring (bicyclic) bond motifs is 2. The Morgan fingerprint density at radius 3 is 2.50 bits per heavy atom. The zero-order valence-electron chi connectivity index (χ0n) is 17.2. The van der Waals surface area contributed by atoms with Crippen molar-refractivity contribution in [3.63, 3.8) is 0 Å². The molecule has 6 nitrogen and oxygen atoms in total. The van der Waals surface area contributed by atoms with Crippen molar-refractivity contribution in [2.45, 2.75) is 32.6 Å². The topological polar surface area (TPSA) is 73.9 Å². The molecule has 2 aromatic rings. The predicted octanol–water partition coefficient (Wildman–Crippen LogP) is 4.40. The fourth-order valence-electron chi connectivity index (χ4n) is 4.68. The van der Waals surface area contributed by atoms with Crippen LogP contribution in [0, 0.1) is 5.41 Å². The minimum Gasteiger partial charge on any atom is -0.465 e. The van der Waals surface area contributed by atoms with Crippen LogP contribution in [0.4, 0.5) is 5.69 Å². The molecule has 154 valence electrons. The predicted molar refractivity (Wildman–Crippen MR) is 111 cm³/mol. The molecule has 0 saturated heterocycles. The highest BCUT2D eigenvalue weighted by Gasteiger charge is 2.41. The molecule has 5 rings (SSSR count). The number of ketones is 1. The van der Waals surface area contributed by atoms with Crippen LogP contribution in [-0.4, -0.2) is 25.7 Å². The van der Waals surface area contributed by atoms with Crippen LogP contribution in [0.5, 0.6) is 11.5 Å². The third-order valence-electron chi connectivity index (χ3n) is 6.02. The fraction of sp³-hybridized carbons (Fsp3) is 0.333. The number of esters is 1. The zero-order valence-corrected chi connectivity index (χ0v) is 17.2. The lowest BCUT2D eigenvalue weighted by Crippen LogP contribution is -2.33. The second-order valence-corrected chi connectivity index (χ2v) is 8.80. The van der Waals surface area contributed by atoms with Crippen LogP contribution in [0.15, 0.2) is 47.7 Å². The molecule has 2 heterocycles. The van der Waals surface area contributed by atoms with Crippen molar-refractivity contribution in [1.29, 1.82) is 0 Å². The van der Waals surface area contributed by atoms with Gasteiger partial charge >= 0.3 is 5.97 Å². The van der Waals surface area contributed by atoms with E-state index in [4.69, 9.17) is 14.2 Å². The molecule has 1 atom stereocenters. The lowest BCUT2D eigenvalue weighted by atomic mass is 9.68. The van der Waals surface area contributed by atoms with Gasteiger partial charge in [0.2, 0.25) is 6.79 Å². The molecule has 0 bridgehead atoms. The normalized spacial score (nSPS) is 20.9. The fourth-order valence-corrected chi connectivity index (χ4v) is 4.68. The van der Waals surface area contributed by atoms with Gasteiger partial charge in [-0.05, 0) is 41.2 Å². The number of anilines is 1. The van der Waals surface area contributed by atoms with Crippen molar-refractivity contribution in [2.24, 2.45) is 5.41 Å². The van der Waals surface area contributed by atoms with Crippen LogP contribution in [0.2, 0.25) is 0 Å². The average Bonchev–Trinajstić information content (AvgIpc) is 3.16. The number of methoxy groups -OCH3 is 1. The van der Waals surface area contributed by atoms with E-state index in [1.165, 1.54) is 7.11 Å². The van der Waals surface area contributed by atoms with Gasteiger partial charge in [0.05, 0.1) is 12.7 Å². The van der Waals surface area contributed by atoms with Crippen molar-refractivity contribution >= 4 is 17.4 Å². The Bertz CT molecular complexity index is 1100. The molecule has 2 aromatic carbocycles. The summed E-state index contributed by atoms with van der Waals surface area (Å²) in [5, 5.41) is 3.50. The standard InChI is InChI=1S/C24H23NO5/c1-24(2)10-17-22(18(26)11-24)21(13-4-6-14(7-5-13)23(27)28-3)15-8-19-20(30-12-29-19)9-16(15)25-17/h4-9,21,25H,10-12H2,1-3H3. The highest BCUT2D eigenvalue weighted by molar-refractivity contribution is 6.02. The maximum atomic E-state index is 13.3. The molecule has 1 unspecified atom stereocenters. The van der Waals surface area contributed by atoms with Crippen LogP contribution in [0.1, 0.15) is 54.1 Å². The average molecular weight is 405 g/mol. The summed E-state index contributed by atoms with van der Waals surface area (Å²) in [6.45, 7) is 4.42. The largest absolute Gasteiger partial charge is 0.465 e. The van der Waals surface area contributed by atoms with Gasteiger partial charge in [0.25, 0.3) is 0 Å². The van der Waals surface area contributed by atoms with E-state index >= 15 is 0 Å². The van der Waals surface area contributed by atoms with Crippen LogP contribution < -0.4 is 14.8 Å². The Morgan fingerprint density at radius 2 is 1.80 bits per heavy atom. The van der Waals surface area contributed by atoms with Crippen LogP contribution >= 0.6 is 0 Å². The first-order valence-electron chi connectivity index (χ1n) is 10.0. The molecule has 0 aromatic heterocycles. The van der Waals surface area contributed by atoms with Crippen molar-refractivity contribution < 1.29 is 23.8 Å². The monoisotopic (exact) mass is 405 g/mol.